The molecule has 0 saturated heterocycles. The Kier molecular flexibility index (Phi) is 2.90. The molecule has 2 aromatic rings. The van der Waals surface area contributed by atoms with Crippen LogP contribution in [0.2, 0.25) is 0 Å². The molecule has 2 heteroatoms. The third kappa shape index (κ3) is 1.85. The van der Waals surface area contributed by atoms with E-state index >= 15 is 0 Å². The van der Waals surface area contributed by atoms with Crippen LogP contribution in [-0.4, -0.2) is 10.1 Å². The predicted molar refractivity (Wildman–Crippen MR) is 76.6 cm³/mol. The summed E-state index contributed by atoms with van der Waals surface area (Å²) >= 11 is 0. The Morgan fingerprint density at radius 3 is 2.72 bits per heavy atom. The van der Waals surface area contributed by atoms with Crippen molar-refractivity contribution in [3.8, 4) is 0 Å². The quantitative estimate of drug-likeness (QED) is 0.866. The molecule has 1 aromatic carbocycles. The van der Waals surface area contributed by atoms with Crippen LogP contribution in [0.25, 0.3) is 10.9 Å². The van der Waals surface area contributed by atoms with E-state index < -0.39 is 0 Å². The molecule has 0 spiro atoms. The highest BCUT2D eigenvalue weighted by atomic mass is 15.0. The zero-order chi connectivity index (χ0) is 12.6. The maximum Gasteiger partial charge on any atom is 0.0481 e. The summed E-state index contributed by atoms with van der Waals surface area (Å²) in [5, 5.41) is 5.18. The van der Waals surface area contributed by atoms with Crippen LogP contribution in [0, 0.1) is 0 Å². The van der Waals surface area contributed by atoms with Crippen molar-refractivity contribution in [3.63, 3.8) is 0 Å². The summed E-state index contributed by atoms with van der Waals surface area (Å²) < 4.78 is 2.23. The summed E-state index contributed by atoms with van der Waals surface area (Å²) in [6, 6.07) is 8.66. The van der Waals surface area contributed by atoms with Crippen molar-refractivity contribution in [3.05, 3.63) is 36.0 Å². The Balaban J connectivity index is 1.82. The molecule has 0 aliphatic heterocycles. The third-order valence-corrected chi connectivity index (χ3v) is 4.62. The number of nitrogens with zero attached hydrogens (tertiary/aromatic N) is 1. The fraction of sp³-hybridized carbons (Fsp3) is 0.500. The normalized spacial score (nSPS) is 17.9. The van der Waals surface area contributed by atoms with Crippen molar-refractivity contribution in [2.75, 3.05) is 0 Å². The number of para-hydroxylation sites is 1. The van der Waals surface area contributed by atoms with Crippen LogP contribution in [0.3, 0.4) is 0 Å². The molecule has 0 radical (unpaired) electrons. The minimum absolute atomic E-state index is 0.428. The van der Waals surface area contributed by atoms with E-state index in [4.69, 9.17) is 0 Å². The highest BCUT2D eigenvalue weighted by Gasteiger charge is 2.34. The van der Waals surface area contributed by atoms with Crippen LogP contribution in [0.4, 0.5) is 0 Å². The van der Waals surface area contributed by atoms with Crippen LogP contribution in [0.5, 0.6) is 0 Å². The summed E-state index contributed by atoms with van der Waals surface area (Å²) in [5.74, 6) is 0. The van der Waals surface area contributed by atoms with E-state index in [9.17, 15) is 0 Å². The Hall–Kier alpha value is -1.28. The van der Waals surface area contributed by atoms with Crippen molar-refractivity contribution in [1.82, 2.24) is 9.88 Å². The van der Waals surface area contributed by atoms with Gasteiger partial charge in [0.25, 0.3) is 0 Å². The van der Waals surface area contributed by atoms with Crippen molar-refractivity contribution in [1.29, 1.82) is 0 Å². The second-order valence-electron chi connectivity index (χ2n) is 5.62. The lowest BCUT2D eigenvalue weighted by atomic mass is 9.75. The van der Waals surface area contributed by atoms with Gasteiger partial charge >= 0.3 is 0 Å². The molecule has 1 aromatic heterocycles. The van der Waals surface area contributed by atoms with Gasteiger partial charge in [-0.25, -0.2) is 0 Å². The fourth-order valence-electron chi connectivity index (χ4n) is 3.11. The molecule has 0 unspecified atom stereocenters. The van der Waals surface area contributed by atoms with Crippen LogP contribution in [0.1, 0.15) is 38.2 Å². The van der Waals surface area contributed by atoms with E-state index in [1.807, 2.05) is 0 Å². The van der Waals surface area contributed by atoms with E-state index in [-0.39, 0.29) is 0 Å². The summed E-state index contributed by atoms with van der Waals surface area (Å²) in [5.41, 5.74) is 3.18. The first-order chi connectivity index (χ1) is 8.74. The highest BCUT2D eigenvalue weighted by molar-refractivity contribution is 5.83. The highest BCUT2D eigenvalue weighted by Crippen LogP contribution is 2.35. The number of aryl methyl sites for hydroxylation is 1. The predicted octanol–water partition coefficient (Wildman–Crippen LogP) is 3.60. The first-order valence-corrected chi connectivity index (χ1v) is 7.02. The molecule has 1 heterocycles. The second kappa shape index (κ2) is 4.43. The van der Waals surface area contributed by atoms with Crippen molar-refractivity contribution in [2.45, 2.75) is 44.7 Å². The number of hydrogen-bond acceptors (Lipinski definition) is 1. The van der Waals surface area contributed by atoms with Gasteiger partial charge in [-0.05, 0) is 37.3 Å². The molecule has 2 nitrogen and oxygen atoms in total. The second-order valence-corrected chi connectivity index (χ2v) is 5.62. The average molecular weight is 242 g/mol. The lowest BCUT2D eigenvalue weighted by Gasteiger charge is -2.42. The van der Waals surface area contributed by atoms with E-state index in [0.29, 0.717) is 5.54 Å². The summed E-state index contributed by atoms with van der Waals surface area (Å²) in [6.07, 6.45) is 7.58. The first-order valence-electron chi connectivity index (χ1n) is 7.02. The molecule has 3 rings (SSSR count). The first kappa shape index (κ1) is 11.8. The number of nitrogens with one attached hydrogen (secondary N) is 1. The summed E-state index contributed by atoms with van der Waals surface area (Å²) in [7, 11) is 2.13. The van der Waals surface area contributed by atoms with Crippen molar-refractivity contribution in [2.24, 2.45) is 7.05 Å². The zero-order valence-electron chi connectivity index (χ0n) is 11.4. The van der Waals surface area contributed by atoms with Gasteiger partial charge in [0.1, 0.15) is 0 Å². The zero-order valence-corrected chi connectivity index (χ0v) is 11.4. The van der Waals surface area contributed by atoms with Gasteiger partial charge in [-0.15, -0.1) is 0 Å². The van der Waals surface area contributed by atoms with E-state index in [1.165, 1.54) is 42.1 Å². The van der Waals surface area contributed by atoms with E-state index in [1.54, 1.807) is 0 Å². The molecule has 1 aliphatic carbocycles. The van der Waals surface area contributed by atoms with Gasteiger partial charge in [0.15, 0.2) is 0 Å². The molecule has 1 aliphatic rings. The number of hydrogen-bond donors (Lipinski definition) is 1. The molecule has 0 atom stereocenters. The summed E-state index contributed by atoms with van der Waals surface area (Å²) in [6.45, 7) is 3.30. The average Bonchev–Trinajstić information content (AvgIpc) is 2.67. The van der Waals surface area contributed by atoms with Crippen molar-refractivity contribution >= 4 is 10.9 Å². The number of fused-ring (bicyclic) bond motifs is 1. The maximum atomic E-state index is 3.79. The van der Waals surface area contributed by atoms with E-state index in [0.717, 1.165) is 6.54 Å². The molecular formula is C16H22N2. The van der Waals surface area contributed by atoms with Gasteiger partial charge < -0.3 is 9.88 Å². The van der Waals surface area contributed by atoms with Gasteiger partial charge in [0.05, 0.1) is 0 Å². The standard InChI is InChI=1S/C16H22N2/c1-3-16(9-6-10-16)17-11-13-12-18(2)15-8-5-4-7-14(13)15/h4-5,7-8,12,17H,3,6,9-11H2,1-2H3. The monoisotopic (exact) mass is 242 g/mol. The molecule has 0 bridgehead atoms. The SMILES string of the molecule is CCC1(NCc2cn(C)c3ccccc23)CCC1. The van der Waals surface area contributed by atoms with Crippen molar-refractivity contribution < 1.29 is 0 Å². The molecule has 96 valence electrons. The molecule has 1 fully saturated rings. The fourth-order valence-corrected chi connectivity index (χ4v) is 3.11. The van der Waals surface area contributed by atoms with Gasteiger partial charge in [-0.2, -0.15) is 0 Å². The topological polar surface area (TPSA) is 17.0 Å². The van der Waals surface area contributed by atoms with Crippen LogP contribution in [0.15, 0.2) is 30.5 Å². The van der Waals surface area contributed by atoms with Gasteiger partial charge in [0, 0.05) is 36.2 Å². The Morgan fingerprint density at radius 1 is 1.28 bits per heavy atom. The lowest BCUT2D eigenvalue weighted by molar-refractivity contribution is 0.175. The summed E-state index contributed by atoms with van der Waals surface area (Å²) in [4.78, 5) is 0. The Bertz CT molecular complexity index is 544. The number of rotatable bonds is 4. The van der Waals surface area contributed by atoms with Crippen LogP contribution in [-0.2, 0) is 13.6 Å². The smallest absolute Gasteiger partial charge is 0.0481 e. The van der Waals surface area contributed by atoms with E-state index in [2.05, 4.69) is 54.3 Å². The minimum Gasteiger partial charge on any atom is -0.350 e. The third-order valence-electron chi connectivity index (χ3n) is 4.62. The Morgan fingerprint density at radius 2 is 2.06 bits per heavy atom. The van der Waals surface area contributed by atoms with Gasteiger partial charge in [0.2, 0.25) is 0 Å². The Labute approximate surface area is 109 Å². The van der Waals surface area contributed by atoms with Gasteiger partial charge in [-0.1, -0.05) is 25.1 Å². The van der Waals surface area contributed by atoms with Crippen LogP contribution >= 0.6 is 0 Å². The largest absolute Gasteiger partial charge is 0.350 e. The maximum absolute atomic E-state index is 3.79. The van der Waals surface area contributed by atoms with Crippen LogP contribution < -0.4 is 5.32 Å². The van der Waals surface area contributed by atoms with Gasteiger partial charge in [-0.3, -0.25) is 0 Å². The lowest BCUT2D eigenvalue weighted by Crippen LogP contribution is -2.49. The number of aromatic nitrogens is 1. The number of benzene rings is 1. The molecular weight excluding hydrogens is 220 g/mol. The minimum atomic E-state index is 0.428. The molecule has 1 saturated carbocycles. The molecule has 1 N–H and O–H groups in total. The molecule has 18 heavy (non-hydrogen) atoms. The molecule has 0 amide bonds.